The normalized spacial score (nSPS) is 12.7. The second kappa shape index (κ2) is 5.40. The number of carbonyl (C=O) groups excluding carboxylic acids is 1. The molecule has 0 saturated heterocycles. The number of hydrogen-bond acceptors (Lipinski definition) is 3. The van der Waals surface area contributed by atoms with Gasteiger partial charge in [0.2, 0.25) is 5.91 Å². The molecular formula is C14H16N2OS. The molecule has 0 bridgehead atoms. The molecule has 18 heavy (non-hydrogen) atoms. The van der Waals surface area contributed by atoms with Gasteiger partial charge in [0, 0.05) is 11.6 Å². The van der Waals surface area contributed by atoms with Crippen LogP contribution < -0.4 is 5.32 Å². The zero-order chi connectivity index (χ0) is 13.1. The summed E-state index contributed by atoms with van der Waals surface area (Å²) < 4.78 is 0. The molecule has 1 amide bonds. The Hall–Kier alpha value is -1.55. The number of pyridine rings is 1. The monoisotopic (exact) mass is 260 g/mol. The fourth-order valence-electron chi connectivity index (χ4n) is 1.71. The number of carbonyl (C=O) groups is 1. The fourth-order valence-corrected chi connectivity index (χ4v) is 1.78. The lowest BCUT2D eigenvalue weighted by molar-refractivity contribution is -0.116. The summed E-state index contributed by atoms with van der Waals surface area (Å²) in [6.45, 7) is 3.94. The molecule has 3 nitrogen and oxygen atoms in total. The van der Waals surface area contributed by atoms with Crippen LogP contribution in [0.4, 0.5) is 5.69 Å². The summed E-state index contributed by atoms with van der Waals surface area (Å²) in [5, 5.41) is 3.58. The van der Waals surface area contributed by atoms with Gasteiger partial charge in [0.15, 0.2) is 0 Å². The van der Waals surface area contributed by atoms with E-state index in [1.54, 1.807) is 6.20 Å². The first-order valence-corrected chi connectivity index (χ1v) is 6.44. The Morgan fingerprint density at radius 2 is 2.00 bits per heavy atom. The molecule has 0 fully saturated rings. The second-order valence-corrected chi connectivity index (χ2v) is 5.12. The van der Waals surface area contributed by atoms with Crippen molar-refractivity contribution < 1.29 is 4.79 Å². The van der Waals surface area contributed by atoms with Crippen molar-refractivity contribution in [3.8, 4) is 0 Å². The quantitative estimate of drug-likeness (QED) is 0.833. The molecule has 94 valence electrons. The average molecular weight is 260 g/mol. The lowest BCUT2D eigenvalue weighted by Crippen LogP contribution is -2.27. The van der Waals surface area contributed by atoms with E-state index in [2.05, 4.69) is 22.9 Å². The van der Waals surface area contributed by atoms with Crippen molar-refractivity contribution in [2.24, 2.45) is 5.92 Å². The van der Waals surface area contributed by atoms with Gasteiger partial charge in [0.25, 0.3) is 0 Å². The van der Waals surface area contributed by atoms with Crippen molar-refractivity contribution in [1.29, 1.82) is 0 Å². The van der Waals surface area contributed by atoms with E-state index in [-0.39, 0.29) is 17.1 Å². The molecule has 4 heteroatoms. The Labute approximate surface area is 112 Å². The molecule has 1 heterocycles. The van der Waals surface area contributed by atoms with Crippen LogP contribution in [0.5, 0.6) is 0 Å². The van der Waals surface area contributed by atoms with Gasteiger partial charge in [-0.05, 0) is 18.1 Å². The van der Waals surface area contributed by atoms with Crippen LogP contribution in [-0.2, 0) is 4.79 Å². The third-order valence-electron chi connectivity index (χ3n) is 2.79. The summed E-state index contributed by atoms with van der Waals surface area (Å²) in [5.74, 6) is 0.0998. The average Bonchev–Trinajstić information content (AvgIpc) is 2.38. The van der Waals surface area contributed by atoms with Crippen molar-refractivity contribution in [1.82, 2.24) is 4.98 Å². The maximum absolute atomic E-state index is 12.0. The minimum absolute atomic E-state index is 0.0912. The third-order valence-corrected chi connectivity index (χ3v) is 3.62. The fraction of sp³-hybridized carbons (Fsp3) is 0.286. The molecule has 2 rings (SSSR count). The van der Waals surface area contributed by atoms with E-state index < -0.39 is 0 Å². The van der Waals surface area contributed by atoms with Gasteiger partial charge in [-0.25, -0.2) is 0 Å². The van der Waals surface area contributed by atoms with Gasteiger partial charge in [-0.1, -0.05) is 32.0 Å². The number of nitrogens with zero attached hydrogens (tertiary/aromatic N) is 1. The summed E-state index contributed by atoms with van der Waals surface area (Å²) in [4.78, 5) is 16.3. The number of rotatable bonds is 3. The number of nitrogens with one attached hydrogen (secondary N) is 1. The van der Waals surface area contributed by atoms with E-state index in [0.717, 1.165) is 16.6 Å². The number of amides is 1. The Kier molecular flexibility index (Phi) is 3.87. The summed E-state index contributed by atoms with van der Waals surface area (Å²) in [6, 6.07) is 9.58. The van der Waals surface area contributed by atoms with Crippen molar-refractivity contribution in [2.75, 3.05) is 5.32 Å². The number of hydrogen-bond donors (Lipinski definition) is 2. The van der Waals surface area contributed by atoms with Crippen LogP contribution in [0.15, 0.2) is 36.5 Å². The lowest BCUT2D eigenvalue weighted by atomic mass is 10.1. The number of fused-ring (bicyclic) bond motifs is 1. The molecule has 0 spiro atoms. The minimum Gasteiger partial charge on any atom is -0.323 e. The number of anilines is 1. The van der Waals surface area contributed by atoms with Gasteiger partial charge in [-0.3, -0.25) is 9.78 Å². The molecule has 1 aromatic carbocycles. The molecule has 0 radical (unpaired) electrons. The number of para-hydroxylation sites is 1. The van der Waals surface area contributed by atoms with E-state index in [0.29, 0.717) is 0 Å². The predicted octanol–water partition coefficient (Wildman–Crippen LogP) is 3.13. The van der Waals surface area contributed by atoms with Crippen molar-refractivity contribution in [2.45, 2.75) is 19.1 Å². The maximum Gasteiger partial charge on any atom is 0.237 e. The molecular weight excluding hydrogens is 244 g/mol. The SMILES string of the molecule is CC(C)C(S)C(=O)Nc1cccc2cccnc12. The van der Waals surface area contributed by atoms with Crippen LogP contribution in [0.2, 0.25) is 0 Å². The summed E-state index contributed by atoms with van der Waals surface area (Å²) in [5.41, 5.74) is 1.54. The molecule has 0 aliphatic carbocycles. The zero-order valence-electron chi connectivity index (χ0n) is 10.4. The smallest absolute Gasteiger partial charge is 0.237 e. The van der Waals surface area contributed by atoms with Crippen LogP contribution in [0.3, 0.4) is 0 Å². The van der Waals surface area contributed by atoms with Crippen molar-refractivity contribution >= 4 is 35.1 Å². The molecule has 0 aliphatic heterocycles. The number of aromatic nitrogens is 1. The number of benzene rings is 1. The van der Waals surface area contributed by atoms with Gasteiger partial charge < -0.3 is 5.32 Å². The van der Waals surface area contributed by atoms with Gasteiger partial charge in [0.05, 0.1) is 16.5 Å². The Morgan fingerprint density at radius 1 is 1.28 bits per heavy atom. The summed E-state index contributed by atoms with van der Waals surface area (Å²) in [6.07, 6.45) is 1.72. The van der Waals surface area contributed by atoms with Crippen molar-refractivity contribution in [3.05, 3.63) is 36.5 Å². The van der Waals surface area contributed by atoms with Gasteiger partial charge in [-0.15, -0.1) is 0 Å². The summed E-state index contributed by atoms with van der Waals surface area (Å²) in [7, 11) is 0. The largest absolute Gasteiger partial charge is 0.323 e. The molecule has 1 N–H and O–H groups in total. The lowest BCUT2D eigenvalue weighted by Gasteiger charge is -2.15. The Bertz CT molecular complexity index is 563. The van der Waals surface area contributed by atoms with E-state index in [1.807, 2.05) is 44.2 Å². The Balaban J connectivity index is 2.30. The molecule has 0 aliphatic rings. The first kappa shape index (κ1) is 12.9. The molecule has 1 unspecified atom stereocenters. The van der Waals surface area contributed by atoms with E-state index in [9.17, 15) is 4.79 Å². The highest BCUT2D eigenvalue weighted by molar-refractivity contribution is 7.81. The van der Waals surface area contributed by atoms with Crippen LogP contribution in [0.1, 0.15) is 13.8 Å². The minimum atomic E-state index is -0.316. The highest BCUT2D eigenvalue weighted by atomic mass is 32.1. The second-order valence-electron chi connectivity index (χ2n) is 4.56. The van der Waals surface area contributed by atoms with E-state index in [4.69, 9.17) is 0 Å². The number of thiol groups is 1. The topological polar surface area (TPSA) is 42.0 Å². The highest BCUT2D eigenvalue weighted by Gasteiger charge is 2.18. The highest BCUT2D eigenvalue weighted by Crippen LogP contribution is 2.21. The molecule has 1 aromatic heterocycles. The van der Waals surface area contributed by atoms with E-state index >= 15 is 0 Å². The van der Waals surface area contributed by atoms with Crippen molar-refractivity contribution in [3.63, 3.8) is 0 Å². The molecule has 2 aromatic rings. The predicted molar refractivity (Wildman–Crippen MR) is 78.0 cm³/mol. The first-order chi connectivity index (χ1) is 8.59. The van der Waals surface area contributed by atoms with Crippen LogP contribution in [0, 0.1) is 5.92 Å². The van der Waals surface area contributed by atoms with E-state index in [1.165, 1.54) is 0 Å². The van der Waals surface area contributed by atoms with Gasteiger partial charge in [0.1, 0.15) is 0 Å². The zero-order valence-corrected chi connectivity index (χ0v) is 11.3. The molecule has 0 saturated carbocycles. The van der Waals surface area contributed by atoms with Gasteiger partial charge >= 0.3 is 0 Å². The summed E-state index contributed by atoms with van der Waals surface area (Å²) >= 11 is 4.31. The van der Waals surface area contributed by atoms with Gasteiger partial charge in [-0.2, -0.15) is 12.6 Å². The van der Waals surface area contributed by atoms with Crippen LogP contribution >= 0.6 is 12.6 Å². The molecule has 1 atom stereocenters. The maximum atomic E-state index is 12.0. The standard InChI is InChI=1S/C14H16N2OS/c1-9(2)13(18)14(17)16-11-7-3-5-10-6-4-8-15-12(10)11/h3-9,13,18H,1-2H3,(H,16,17). The Morgan fingerprint density at radius 3 is 2.72 bits per heavy atom. The van der Waals surface area contributed by atoms with Crippen LogP contribution in [0.25, 0.3) is 10.9 Å². The van der Waals surface area contributed by atoms with Crippen LogP contribution in [-0.4, -0.2) is 16.1 Å². The third kappa shape index (κ3) is 2.64. The first-order valence-electron chi connectivity index (χ1n) is 5.92.